The average Bonchev–Trinajstić information content (AvgIpc) is 3.44. The van der Waals surface area contributed by atoms with Crippen molar-refractivity contribution in [1.82, 2.24) is 16.3 Å². The molecule has 0 aliphatic heterocycles. The Kier molecular flexibility index (Phi) is 6.83. The van der Waals surface area contributed by atoms with E-state index in [9.17, 15) is 14.4 Å². The monoisotopic (exact) mass is 504 g/mol. The lowest BCUT2D eigenvalue weighted by Gasteiger charge is -2.13. The molecule has 170 valence electrons. The lowest BCUT2D eigenvalue weighted by molar-refractivity contribution is 0.0829. The smallest absolute Gasteiger partial charge is 0.305 e. The lowest BCUT2D eigenvalue weighted by Crippen LogP contribution is -2.41. The van der Waals surface area contributed by atoms with Crippen LogP contribution < -0.4 is 16.3 Å². The van der Waals surface area contributed by atoms with Crippen molar-refractivity contribution in [2.45, 2.75) is 26.2 Å². The molecule has 0 saturated carbocycles. The molecule has 0 atom stereocenters. The topological polar surface area (TPSA) is 113 Å². The molecule has 1 aliphatic carbocycles. The molecule has 33 heavy (non-hydrogen) atoms. The van der Waals surface area contributed by atoms with Gasteiger partial charge < -0.3 is 4.42 Å². The first-order chi connectivity index (χ1) is 15.8. The Bertz CT molecular complexity index is 1270. The van der Waals surface area contributed by atoms with Crippen molar-refractivity contribution >= 4 is 58.0 Å². The van der Waals surface area contributed by atoms with Gasteiger partial charge in [0.2, 0.25) is 0 Å². The van der Waals surface area contributed by atoms with Crippen molar-refractivity contribution < 1.29 is 18.8 Å². The molecule has 1 aromatic carbocycles. The van der Waals surface area contributed by atoms with E-state index in [-0.39, 0.29) is 22.3 Å². The quantitative estimate of drug-likeness (QED) is 0.453. The first-order valence-electron chi connectivity index (χ1n) is 9.94. The first-order valence-corrected chi connectivity index (χ1v) is 11.6. The molecule has 3 N–H and O–H groups in total. The molecule has 0 unspecified atom stereocenters. The van der Waals surface area contributed by atoms with Gasteiger partial charge in [0.05, 0.1) is 21.2 Å². The van der Waals surface area contributed by atoms with Crippen LogP contribution in [0.1, 0.15) is 60.3 Å². The maximum absolute atomic E-state index is 12.7. The molecule has 0 fully saturated rings. The number of hydrazine groups is 1. The Labute approximate surface area is 202 Å². The molecule has 11 heteroatoms. The molecule has 1 aliphatic rings. The fraction of sp³-hybridized carbons (Fsp3) is 0.182. The van der Waals surface area contributed by atoms with Crippen LogP contribution in [0.4, 0.5) is 0 Å². The number of nitrogens with zero attached hydrogens (tertiary/aromatic N) is 1. The molecular formula is C22H18Cl2N4O4S. The molecule has 2 aromatic heterocycles. The lowest BCUT2D eigenvalue weighted by atomic mass is 9.93. The Morgan fingerprint density at radius 2 is 1.85 bits per heavy atom. The second kappa shape index (κ2) is 9.78. The minimum atomic E-state index is -0.623. The number of carbonyl (C=O) groups excluding carboxylic acids is 3. The Balaban J connectivity index is 1.48. The third-order valence-corrected chi connectivity index (χ3v) is 6.45. The van der Waals surface area contributed by atoms with Gasteiger partial charge in [-0.25, -0.2) is 5.43 Å². The fourth-order valence-electron chi connectivity index (χ4n) is 3.49. The number of carbonyl (C=O) groups is 3. The second-order valence-corrected chi connectivity index (χ2v) is 9.01. The van der Waals surface area contributed by atoms with Gasteiger partial charge in [-0.3, -0.25) is 25.2 Å². The average molecular weight is 505 g/mol. The van der Waals surface area contributed by atoms with Crippen LogP contribution in [0.15, 0.2) is 45.2 Å². The van der Waals surface area contributed by atoms with E-state index >= 15 is 0 Å². The molecule has 2 heterocycles. The third kappa shape index (κ3) is 4.95. The molecular weight excluding hydrogens is 487 g/mol. The van der Waals surface area contributed by atoms with Crippen LogP contribution in [0.2, 0.25) is 10.0 Å². The summed E-state index contributed by atoms with van der Waals surface area (Å²) in [5.41, 5.74) is 9.30. The van der Waals surface area contributed by atoms with E-state index in [4.69, 9.17) is 27.6 Å². The van der Waals surface area contributed by atoms with E-state index in [1.54, 1.807) is 19.1 Å². The number of aryl methyl sites for hydroxylation is 1. The van der Waals surface area contributed by atoms with Crippen LogP contribution in [0, 0.1) is 6.92 Å². The van der Waals surface area contributed by atoms with Crippen LogP contribution in [0.3, 0.4) is 0 Å². The number of hydrogen-bond acceptors (Lipinski definition) is 6. The summed E-state index contributed by atoms with van der Waals surface area (Å²) in [7, 11) is 0. The highest BCUT2D eigenvalue weighted by Gasteiger charge is 2.28. The molecule has 8 nitrogen and oxygen atoms in total. The number of thiophene rings is 1. The van der Waals surface area contributed by atoms with Gasteiger partial charge in [0.25, 0.3) is 11.8 Å². The number of fused-ring (bicyclic) bond motifs is 1. The van der Waals surface area contributed by atoms with Gasteiger partial charge in [0.15, 0.2) is 5.76 Å². The predicted molar refractivity (Wildman–Crippen MR) is 126 cm³/mol. The molecule has 0 bridgehead atoms. The minimum absolute atomic E-state index is 0.0571. The predicted octanol–water partition coefficient (Wildman–Crippen LogP) is 4.50. The summed E-state index contributed by atoms with van der Waals surface area (Å²) in [5, 5.41) is 6.64. The Hall–Kier alpha value is -3.14. The highest BCUT2D eigenvalue weighted by atomic mass is 35.5. The summed E-state index contributed by atoms with van der Waals surface area (Å²) < 4.78 is 5.79. The zero-order valence-electron chi connectivity index (χ0n) is 17.3. The number of nitrogens with one attached hydrogen (secondary N) is 3. The number of furan rings is 1. The van der Waals surface area contributed by atoms with Gasteiger partial charge in [-0.1, -0.05) is 29.3 Å². The zero-order valence-corrected chi connectivity index (χ0v) is 19.7. The van der Waals surface area contributed by atoms with Gasteiger partial charge >= 0.3 is 5.91 Å². The van der Waals surface area contributed by atoms with Crippen LogP contribution in [0.5, 0.6) is 0 Å². The van der Waals surface area contributed by atoms with Crippen molar-refractivity contribution in [3.8, 4) is 0 Å². The molecule has 0 radical (unpaired) electrons. The van der Waals surface area contributed by atoms with E-state index in [1.165, 1.54) is 29.5 Å². The standard InChI is InChI=1S/C22H18Cl2N4O4S/c1-11-18-15(25-27-21(30)17-6-3-9-33-17)4-2-5-16(18)32-19(11)22(31)28-26-20(29)13-8-7-12(23)10-14(13)24/h3,6-10H,2,4-5H2,1H3,(H,26,29)(H,27,30)(H,28,31)/b25-15+. The van der Waals surface area contributed by atoms with Crippen LogP contribution in [-0.2, 0) is 6.42 Å². The van der Waals surface area contributed by atoms with Gasteiger partial charge in [-0.15, -0.1) is 11.3 Å². The van der Waals surface area contributed by atoms with Crippen LogP contribution in [0.25, 0.3) is 0 Å². The molecule has 3 amide bonds. The van der Waals surface area contributed by atoms with Crippen molar-refractivity contribution in [3.05, 3.63) is 78.8 Å². The van der Waals surface area contributed by atoms with Crippen molar-refractivity contribution in [3.63, 3.8) is 0 Å². The van der Waals surface area contributed by atoms with E-state index in [0.29, 0.717) is 45.3 Å². The SMILES string of the molecule is Cc1c(C(=O)NNC(=O)c2ccc(Cl)cc2Cl)oc2c1/C(=N/NC(=O)c1cccs1)CCC2. The number of rotatable bonds is 4. The summed E-state index contributed by atoms with van der Waals surface area (Å²) in [6.45, 7) is 1.73. The van der Waals surface area contributed by atoms with Crippen molar-refractivity contribution in [2.75, 3.05) is 0 Å². The number of amides is 3. The molecule has 0 saturated heterocycles. The summed E-state index contributed by atoms with van der Waals surface area (Å²) in [5.74, 6) is -0.853. The molecule has 0 spiro atoms. The van der Waals surface area contributed by atoms with Crippen molar-refractivity contribution in [2.24, 2.45) is 5.10 Å². The zero-order chi connectivity index (χ0) is 23.5. The number of hydrazone groups is 1. The summed E-state index contributed by atoms with van der Waals surface area (Å²) in [6, 6.07) is 7.91. The highest BCUT2D eigenvalue weighted by Crippen LogP contribution is 2.30. The summed E-state index contributed by atoms with van der Waals surface area (Å²) >= 11 is 13.2. The van der Waals surface area contributed by atoms with Crippen LogP contribution >= 0.6 is 34.5 Å². The second-order valence-electron chi connectivity index (χ2n) is 7.22. The summed E-state index contributed by atoms with van der Waals surface area (Å²) in [4.78, 5) is 37.8. The van der Waals surface area contributed by atoms with Gasteiger partial charge in [0, 0.05) is 22.6 Å². The number of benzene rings is 1. The molecule has 4 rings (SSSR count). The Morgan fingerprint density at radius 3 is 2.58 bits per heavy atom. The number of halogens is 2. The number of hydrogen-bond donors (Lipinski definition) is 3. The highest BCUT2D eigenvalue weighted by molar-refractivity contribution is 7.12. The van der Waals surface area contributed by atoms with Gasteiger partial charge in [-0.05, 0) is 49.4 Å². The van der Waals surface area contributed by atoms with Gasteiger partial charge in [0.1, 0.15) is 5.76 Å². The molecule has 3 aromatic rings. The maximum Gasteiger partial charge on any atom is 0.305 e. The van der Waals surface area contributed by atoms with Gasteiger partial charge in [-0.2, -0.15) is 5.10 Å². The van der Waals surface area contributed by atoms with E-state index in [0.717, 1.165) is 6.42 Å². The first kappa shape index (κ1) is 23.0. The minimum Gasteiger partial charge on any atom is -0.455 e. The van der Waals surface area contributed by atoms with E-state index in [2.05, 4.69) is 21.4 Å². The van der Waals surface area contributed by atoms with Crippen molar-refractivity contribution in [1.29, 1.82) is 0 Å². The third-order valence-electron chi connectivity index (χ3n) is 5.03. The van der Waals surface area contributed by atoms with E-state index in [1.807, 2.05) is 5.38 Å². The maximum atomic E-state index is 12.7. The normalized spacial score (nSPS) is 14.0. The van der Waals surface area contributed by atoms with E-state index < -0.39 is 11.8 Å². The fourth-order valence-corrected chi connectivity index (χ4v) is 4.60. The Morgan fingerprint density at radius 1 is 1.06 bits per heavy atom. The largest absolute Gasteiger partial charge is 0.455 e. The summed E-state index contributed by atoms with van der Waals surface area (Å²) in [6.07, 6.45) is 2.03. The van der Waals surface area contributed by atoms with Crippen LogP contribution in [-0.4, -0.2) is 23.4 Å².